The van der Waals surface area contributed by atoms with Crippen LogP contribution in [0, 0.1) is 11.3 Å². The number of pyridine rings is 1. The number of nitriles is 1. The number of anilines is 1. The maximum atomic E-state index is 12.5. The number of piperidine rings is 1. The second-order valence-corrected chi connectivity index (χ2v) is 7.99. The summed E-state index contributed by atoms with van der Waals surface area (Å²) in [5, 5.41) is 9.27. The molecule has 0 bridgehead atoms. The van der Waals surface area contributed by atoms with Crippen LogP contribution >= 0.6 is 0 Å². The third kappa shape index (κ3) is 4.90. The summed E-state index contributed by atoms with van der Waals surface area (Å²) < 4.78 is 48.4. The summed E-state index contributed by atoms with van der Waals surface area (Å²) >= 11 is 0. The van der Waals surface area contributed by atoms with E-state index in [9.17, 15) is 23.2 Å². The van der Waals surface area contributed by atoms with E-state index in [1.165, 1.54) is 28.8 Å². The molecule has 0 N–H and O–H groups in total. The van der Waals surface area contributed by atoms with Gasteiger partial charge in [0.25, 0.3) is 0 Å². The van der Waals surface area contributed by atoms with Gasteiger partial charge in [-0.1, -0.05) is 6.92 Å². The van der Waals surface area contributed by atoms with E-state index in [1.807, 2.05) is 17.9 Å². The number of aromatic nitrogens is 3. The first-order chi connectivity index (χ1) is 16.2. The highest BCUT2D eigenvalue weighted by Gasteiger charge is 2.32. The molecule has 0 spiro atoms. The van der Waals surface area contributed by atoms with Crippen LogP contribution in [-0.4, -0.2) is 39.6 Å². The highest BCUT2D eigenvalue weighted by Crippen LogP contribution is 2.32. The Labute approximate surface area is 193 Å². The van der Waals surface area contributed by atoms with Gasteiger partial charge in [0.15, 0.2) is 5.82 Å². The predicted molar refractivity (Wildman–Crippen MR) is 118 cm³/mol. The van der Waals surface area contributed by atoms with Crippen LogP contribution in [0.3, 0.4) is 0 Å². The summed E-state index contributed by atoms with van der Waals surface area (Å²) in [7, 11) is 1.61. The molecule has 1 fully saturated rings. The van der Waals surface area contributed by atoms with Crippen molar-refractivity contribution in [2.45, 2.75) is 44.7 Å². The summed E-state index contributed by atoms with van der Waals surface area (Å²) in [4.78, 5) is 23.2. The molecule has 4 rings (SSSR count). The highest BCUT2D eigenvalue weighted by molar-refractivity contribution is 5.86. The van der Waals surface area contributed by atoms with E-state index in [4.69, 9.17) is 4.74 Å². The molecule has 0 radical (unpaired) electrons. The van der Waals surface area contributed by atoms with Gasteiger partial charge in [-0.3, -0.25) is 4.57 Å². The molecule has 8 nitrogen and oxygen atoms in total. The van der Waals surface area contributed by atoms with Crippen molar-refractivity contribution in [1.82, 2.24) is 14.5 Å². The largest absolute Gasteiger partial charge is 0.573 e. The Bertz CT molecular complexity index is 1280. The molecule has 34 heavy (non-hydrogen) atoms. The predicted octanol–water partition coefficient (Wildman–Crippen LogP) is 3.93. The first-order valence-electron chi connectivity index (χ1n) is 10.8. The van der Waals surface area contributed by atoms with Gasteiger partial charge in [0.05, 0.1) is 5.52 Å². The topological polar surface area (TPSA) is 93.3 Å². The summed E-state index contributed by atoms with van der Waals surface area (Å²) in [6, 6.07) is 10.6. The van der Waals surface area contributed by atoms with Crippen LogP contribution in [-0.2, 0) is 7.05 Å². The third-order valence-corrected chi connectivity index (χ3v) is 5.82. The Morgan fingerprint density at radius 3 is 2.50 bits per heavy atom. The molecule has 1 aliphatic heterocycles. The molecule has 3 heterocycles. The Morgan fingerprint density at radius 2 is 1.85 bits per heavy atom. The molecule has 3 aromatic rings. The summed E-state index contributed by atoms with van der Waals surface area (Å²) in [6.07, 6.45) is -2.95. The van der Waals surface area contributed by atoms with Crippen LogP contribution in [0.2, 0.25) is 0 Å². The fourth-order valence-corrected chi connectivity index (χ4v) is 4.17. The van der Waals surface area contributed by atoms with Crippen molar-refractivity contribution in [2.24, 2.45) is 7.05 Å². The zero-order valence-electron chi connectivity index (χ0n) is 18.5. The fourth-order valence-electron chi connectivity index (χ4n) is 4.17. The molecule has 0 aliphatic carbocycles. The van der Waals surface area contributed by atoms with Gasteiger partial charge >= 0.3 is 12.1 Å². The third-order valence-electron chi connectivity index (χ3n) is 5.82. The van der Waals surface area contributed by atoms with Crippen molar-refractivity contribution in [2.75, 3.05) is 11.4 Å². The number of alkyl halides is 3. The van der Waals surface area contributed by atoms with Crippen molar-refractivity contribution in [3.05, 3.63) is 52.6 Å². The maximum Gasteiger partial charge on any atom is 0.573 e. The van der Waals surface area contributed by atoms with Crippen LogP contribution < -0.4 is 20.1 Å². The van der Waals surface area contributed by atoms with Gasteiger partial charge in [-0.05, 0) is 42.8 Å². The van der Waals surface area contributed by atoms with Crippen LogP contribution in [0.4, 0.5) is 19.0 Å². The molecule has 1 aliphatic rings. The van der Waals surface area contributed by atoms with Gasteiger partial charge in [-0.15, -0.1) is 13.2 Å². The van der Waals surface area contributed by atoms with Crippen molar-refractivity contribution in [3.8, 4) is 17.6 Å². The zero-order valence-corrected chi connectivity index (χ0v) is 18.5. The molecule has 0 amide bonds. The number of hydrogen-bond acceptors (Lipinski definition) is 7. The van der Waals surface area contributed by atoms with E-state index < -0.39 is 12.1 Å². The zero-order chi connectivity index (χ0) is 24.5. The first-order valence-corrected chi connectivity index (χ1v) is 10.8. The van der Waals surface area contributed by atoms with Crippen molar-refractivity contribution < 1.29 is 22.6 Å². The van der Waals surface area contributed by atoms with E-state index in [0.29, 0.717) is 42.0 Å². The number of ether oxygens (including phenoxy) is 2. The number of nitrogens with zero attached hydrogens (tertiary/aromatic N) is 5. The van der Waals surface area contributed by atoms with E-state index >= 15 is 0 Å². The lowest BCUT2D eigenvalue weighted by molar-refractivity contribution is -0.274. The molecule has 2 atom stereocenters. The van der Waals surface area contributed by atoms with Crippen molar-refractivity contribution in [1.29, 1.82) is 5.26 Å². The monoisotopic (exact) mass is 473 g/mol. The van der Waals surface area contributed by atoms with Crippen LogP contribution in [0.1, 0.15) is 31.9 Å². The van der Waals surface area contributed by atoms with Crippen LogP contribution in [0.15, 0.2) is 41.2 Å². The number of aryl methyl sites for hydroxylation is 1. The number of hydrogen-bond donors (Lipinski definition) is 0. The Kier molecular flexibility index (Phi) is 6.32. The lowest BCUT2D eigenvalue weighted by Gasteiger charge is -2.40. The molecular formula is C23H22F3N5O3. The van der Waals surface area contributed by atoms with E-state index in [-0.39, 0.29) is 23.6 Å². The molecule has 0 saturated carbocycles. The quantitative estimate of drug-likeness (QED) is 0.554. The summed E-state index contributed by atoms with van der Waals surface area (Å²) in [5.74, 6) is 0.573. The van der Waals surface area contributed by atoms with Gasteiger partial charge in [0.2, 0.25) is 0 Å². The van der Waals surface area contributed by atoms with Gasteiger partial charge in [0.1, 0.15) is 34.9 Å². The van der Waals surface area contributed by atoms with E-state index in [2.05, 4.69) is 14.7 Å². The normalized spacial score (nSPS) is 18.5. The summed E-state index contributed by atoms with van der Waals surface area (Å²) in [5.41, 5.74) is 0.893. The maximum absolute atomic E-state index is 12.5. The highest BCUT2D eigenvalue weighted by atomic mass is 19.4. The lowest BCUT2D eigenvalue weighted by atomic mass is 9.97. The van der Waals surface area contributed by atoms with Crippen LogP contribution in [0.25, 0.3) is 11.0 Å². The molecule has 1 saturated heterocycles. The van der Waals surface area contributed by atoms with E-state index in [0.717, 1.165) is 6.42 Å². The molecule has 11 heteroatoms. The van der Waals surface area contributed by atoms with Crippen LogP contribution in [0.5, 0.6) is 11.5 Å². The fraction of sp³-hybridized carbons (Fsp3) is 0.391. The first kappa shape index (κ1) is 23.4. The SMILES string of the molecule is CC[C@@H]1C[C@@H](Oc2ccc(OC(F)(F)F)cc2)CCN1c1nc(=O)n(C)c2ccc(C#N)nc12. The molecule has 178 valence electrons. The second-order valence-electron chi connectivity index (χ2n) is 7.99. The van der Waals surface area contributed by atoms with Gasteiger partial charge in [-0.2, -0.15) is 10.2 Å². The number of fused-ring (bicyclic) bond motifs is 1. The molecule has 2 aromatic heterocycles. The second kappa shape index (κ2) is 9.21. The average molecular weight is 473 g/mol. The smallest absolute Gasteiger partial charge is 0.490 e. The van der Waals surface area contributed by atoms with Crippen molar-refractivity contribution in [3.63, 3.8) is 0 Å². The molecular weight excluding hydrogens is 451 g/mol. The Balaban J connectivity index is 1.55. The van der Waals surface area contributed by atoms with Gasteiger partial charge in [0, 0.05) is 32.5 Å². The molecule has 1 aromatic carbocycles. The number of rotatable bonds is 5. The van der Waals surface area contributed by atoms with Crippen molar-refractivity contribution >= 4 is 16.9 Å². The minimum atomic E-state index is -4.75. The van der Waals surface area contributed by atoms with Gasteiger partial charge < -0.3 is 14.4 Å². The number of benzene rings is 1. The minimum absolute atomic E-state index is 0.0121. The minimum Gasteiger partial charge on any atom is -0.490 e. The molecule has 0 unspecified atom stereocenters. The average Bonchev–Trinajstić information content (AvgIpc) is 2.81. The Morgan fingerprint density at radius 1 is 1.15 bits per heavy atom. The standard InChI is InChI=1S/C23H22F3N5O3/c1-3-15-12-18(33-16-5-7-17(8-6-16)34-23(24,25)26)10-11-31(15)21-20-19(30(2)22(32)29-21)9-4-14(13-27)28-20/h4-9,15,18H,3,10-12H2,1-2H3/t15-,18+/m1/s1. The Hall–Kier alpha value is -3.81. The van der Waals surface area contributed by atoms with E-state index in [1.54, 1.807) is 19.2 Å². The number of halogens is 3. The lowest BCUT2D eigenvalue weighted by Crippen LogP contribution is -2.47. The van der Waals surface area contributed by atoms with Gasteiger partial charge in [-0.25, -0.2) is 9.78 Å². The summed E-state index contributed by atoms with van der Waals surface area (Å²) in [6.45, 7) is 2.55.